The summed E-state index contributed by atoms with van der Waals surface area (Å²) in [6.07, 6.45) is 3.49. The third-order valence-corrected chi connectivity index (χ3v) is 5.32. The van der Waals surface area contributed by atoms with Crippen LogP contribution in [0.25, 0.3) is 0 Å². The molecule has 7 nitrogen and oxygen atoms in total. The third kappa shape index (κ3) is 7.93. The maximum absolute atomic E-state index is 12.1. The molecule has 0 aromatic carbocycles. The highest BCUT2D eigenvalue weighted by molar-refractivity contribution is 14.0. The Morgan fingerprint density at radius 1 is 1.21 bits per heavy atom. The summed E-state index contributed by atoms with van der Waals surface area (Å²) < 4.78 is 5.40. The molecule has 0 aliphatic carbocycles. The van der Waals surface area contributed by atoms with Crippen LogP contribution in [-0.2, 0) is 4.74 Å². The first kappa shape index (κ1) is 25.3. The Hall–Kier alpha value is -0.770. The molecule has 0 bridgehead atoms. The fourth-order valence-corrected chi connectivity index (χ4v) is 3.78. The van der Waals surface area contributed by atoms with Gasteiger partial charge in [0.1, 0.15) is 5.60 Å². The number of nitrogens with one attached hydrogen (secondary N) is 2. The van der Waals surface area contributed by atoms with Crippen LogP contribution in [-0.4, -0.2) is 79.3 Å². The Labute approximate surface area is 188 Å². The minimum Gasteiger partial charge on any atom is -0.444 e. The Bertz CT molecular complexity index is 515. The average molecular weight is 509 g/mol. The highest BCUT2D eigenvalue weighted by Gasteiger charge is 2.31. The van der Waals surface area contributed by atoms with Gasteiger partial charge in [-0.3, -0.25) is 9.89 Å². The van der Waals surface area contributed by atoms with E-state index in [4.69, 9.17) is 4.74 Å². The highest BCUT2D eigenvalue weighted by atomic mass is 127. The Kier molecular flexibility index (Phi) is 10.3. The molecule has 2 fully saturated rings. The first-order chi connectivity index (χ1) is 12.7. The maximum atomic E-state index is 12.1. The number of nitrogens with zero attached hydrogens (tertiary/aromatic N) is 3. The van der Waals surface area contributed by atoms with E-state index in [1.54, 1.807) is 0 Å². The van der Waals surface area contributed by atoms with Crippen molar-refractivity contribution in [3.63, 3.8) is 0 Å². The van der Waals surface area contributed by atoms with E-state index in [1.165, 1.54) is 32.4 Å². The zero-order valence-electron chi connectivity index (χ0n) is 18.5. The first-order valence-corrected chi connectivity index (χ1v) is 10.4. The first-order valence-electron chi connectivity index (χ1n) is 10.4. The number of carbonyl (C=O) groups is 1. The van der Waals surface area contributed by atoms with Gasteiger partial charge in [0, 0.05) is 32.7 Å². The molecule has 1 amide bonds. The third-order valence-electron chi connectivity index (χ3n) is 5.32. The van der Waals surface area contributed by atoms with Gasteiger partial charge in [0.2, 0.25) is 0 Å². The molecule has 28 heavy (non-hydrogen) atoms. The lowest BCUT2D eigenvalue weighted by Crippen LogP contribution is -2.51. The van der Waals surface area contributed by atoms with Crippen molar-refractivity contribution >= 4 is 36.0 Å². The topological polar surface area (TPSA) is 69.2 Å². The SMILES string of the molecule is CN=C(NCC(NC(=O)OC(C)(C)C)C(C)C)N1CCC(N2CCCC2)C1.I. The molecule has 0 aromatic heterocycles. The average Bonchev–Trinajstić information content (AvgIpc) is 3.23. The summed E-state index contributed by atoms with van der Waals surface area (Å²) >= 11 is 0. The summed E-state index contributed by atoms with van der Waals surface area (Å²) in [5, 5.41) is 6.45. The van der Waals surface area contributed by atoms with Crippen LogP contribution in [0.3, 0.4) is 0 Å². The number of hydrogen-bond donors (Lipinski definition) is 2. The molecule has 8 heteroatoms. The van der Waals surface area contributed by atoms with Crippen LogP contribution in [0.5, 0.6) is 0 Å². The Balaban J connectivity index is 0.00000392. The standard InChI is InChI=1S/C20H39N5O2.HI/c1-15(2)17(23-19(26)27-20(3,4)5)13-22-18(21-6)25-12-9-16(14-25)24-10-7-8-11-24;/h15-17H,7-14H2,1-6H3,(H,21,22)(H,23,26);1H. The van der Waals surface area contributed by atoms with Gasteiger partial charge in [0.15, 0.2) is 5.96 Å². The highest BCUT2D eigenvalue weighted by Crippen LogP contribution is 2.20. The number of alkyl carbamates (subject to hydrolysis) is 1. The summed E-state index contributed by atoms with van der Waals surface area (Å²) in [6.45, 7) is 15.0. The molecule has 2 heterocycles. The lowest BCUT2D eigenvalue weighted by Gasteiger charge is -2.29. The van der Waals surface area contributed by atoms with Gasteiger partial charge in [0.25, 0.3) is 0 Å². The largest absolute Gasteiger partial charge is 0.444 e. The maximum Gasteiger partial charge on any atom is 0.407 e. The molecule has 164 valence electrons. The van der Waals surface area contributed by atoms with Crippen LogP contribution in [0.2, 0.25) is 0 Å². The zero-order chi connectivity index (χ0) is 20.0. The van der Waals surface area contributed by atoms with Gasteiger partial charge in [0.05, 0.1) is 6.04 Å². The monoisotopic (exact) mass is 509 g/mol. The lowest BCUT2D eigenvalue weighted by atomic mass is 10.0. The van der Waals surface area contributed by atoms with Gasteiger partial charge < -0.3 is 20.3 Å². The van der Waals surface area contributed by atoms with Crippen molar-refractivity contribution in [2.75, 3.05) is 39.8 Å². The molecule has 2 saturated heterocycles. The van der Waals surface area contributed by atoms with Crippen LogP contribution in [0.1, 0.15) is 53.9 Å². The molecular weight excluding hydrogens is 469 g/mol. The number of likely N-dealkylation sites (tertiary alicyclic amines) is 2. The van der Waals surface area contributed by atoms with Crippen LogP contribution in [0, 0.1) is 5.92 Å². The summed E-state index contributed by atoms with van der Waals surface area (Å²) in [5.41, 5.74) is -0.491. The number of carbonyl (C=O) groups excluding carboxylic acids is 1. The van der Waals surface area contributed by atoms with Gasteiger partial charge in [-0.1, -0.05) is 13.8 Å². The normalized spacial score (nSPS) is 22.2. The van der Waals surface area contributed by atoms with E-state index in [0.29, 0.717) is 18.5 Å². The molecular formula is C20H40IN5O2. The summed E-state index contributed by atoms with van der Waals surface area (Å²) in [5.74, 6) is 1.22. The van der Waals surface area contributed by atoms with E-state index in [0.717, 1.165) is 19.0 Å². The van der Waals surface area contributed by atoms with Crippen molar-refractivity contribution in [2.45, 2.75) is 71.6 Å². The number of hydrogen-bond acceptors (Lipinski definition) is 4. The van der Waals surface area contributed by atoms with Crippen LogP contribution >= 0.6 is 24.0 Å². The van der Waals surface area contributed by atoms with Crippen LogP contribution in [0.4, 0.5) is 4.79 Å². The lowest BCUT2D eigenvalue weighted by molar-refractivity contribution is 0.0491. The second-order valence-corrected chi connectivity index (χ2v) is 9.06. The molecule has 2 N–H and O–H groups in total. The van der Waals surface area contributed by atoms with Gasteiger partial charge in [-0.15, -0.1) is 24.0 Å². The van der Waals surface area contributed by atoms with Crippen molar-refractivity contribution in [3.8, 4) is 0 Å². The second kappa shape index (κ2) is 11.4. The minimum atomic E-state index is -0.491. The molecule has 0 aromatic rings. The number of rotatable bonds is 5. The summed E-state index contributed by atoms with van der Waals surface area (Å²) in [7, 11) is 1.83. The summed E-state index contributed by atoms with van der Waals surface area (Å²) in [4.78, 5) is 21.6. The fourth-order valence-electron chi connectivity index (χ4n) is 3.78. The Morgan fingerprint density at radius 3 is 2.39 bits per heavy atom. The van der Waals surface area contributed by atoms with Gasteiger partial charge in [-0.2, -0.15) is 0 Å². The predicted molar refractivity (Wildman–Crippen MR) is 126 cm³/mol. The number of halogens is 1. The van der Waals surface area contributed by atoms with E-state index in [-0.39, 0.29) is 36.1 Å². The summed E-state index contributed by atoms with van der Waals surface area (Å²) in [6, 6.07) is 0.625. The van der Waals surface area contributed by atoms with E-state index in [9.17, 15) is 4.79 Å². The van der Waals surface area contributed by atoms with Crippen molar-refractivity contribution < 1.29 is 9.53 Å². The number of aliphatic imine (C=N–C) groups is 1. The number of guanidine groups is 1. The van der Waals surface area contributed by atoms with Gasteiger partial charge in [-0.25, -0.2) is 4.79 Å². The van der Waals surface area contributed by atoms with Gasteiger partial charge in [-0.05, 0) is 59.0 Å². The van der Waals surface area contributed by atoms with E-state index < -0.39 is 5.60 Å². The molecule has 2 atom stereocenters. The molecule has 0 saturated carbocycles. The van der Waals surface area contributed by atoms with Crippen molar-refractivity contribution in [1.29, 1.82) is 0 Å². The zero-order valence-corrected chi connectivity index (χ0v) is 20.8. The minimum absolute atomic E-state index is 0. The number of ether oxygens (including phenoxy) is 1. The van der Waals surface area contributed by atoms with Crippen LogP contribution in [0.15, 0.2) is 4.99 Å². The number of amides is 1. The van der Waals surface area contributed by atoms with Crippen molar-refractivity contribution in [1.82, 2.24) is 20.4 Å². The van der Waals surface area contributed by atoms with E-state index in [1.807, 2.05) is 27.8 Å². The molecule has 0 radical (unpaired) electrons. The smallest absolute Gasteiger partial charge is 0.407 e. The molecule has 2 aliphatic rings. The van der Waals surface area contributed by atoms with Gasteiger partial charge >= 0.3 is 6.09 Å². The molecule has 2 aliphatic heterocycles. The van der Waals surface area contributed by atoms with Crippen LogP contribution < -0.4 is 10.6 Å². The fraction of sp³-hybridized carbons (Fsp3) is 0.900. The quantitative estimate of drug-likeness (QED) is 0.339. The Morgan fingerprint density at radius 2 is 1.86 bits per heavy atom. The molecule has 2 unspecified atom stereocenters. The van der Waals surface area contributed by atoms with E-state index in [2.05, 4.69) is 39.3 Å². The second-order valence-electron chi connectivity index (χ2n) is 9.06. The van der Waals surface area contributed by atoms with E-state index >= 15 is 0 Å². The van der Waals surface area contributed by atoms with Crippen molar-refractivity contribution in [2.24, 2.45) is 10.9 Å². The molecule has 0 spiro atoms. The molecule has 2 rings (SSSR count). The predicted octanol–water partition coefficient (Wildman–Crippen LogP) is 2.90. The van der Waals surface area contributed by atoms with Crippen molar-refractivity contribution in [3.05, 3.63) is 0 Å².